The standard InChI is InChI=1S/C18H13Cl2N3O4/c1-27-12-5-3-11(4-6-12)23-17(25)13(16(24)22-18(23)26)9-21-15-7-2-10(19)8-14(15)20/h2-9,13H,1H3,(H,22,24,26). The first kappa shape index (κ1) is 18.9. The van der Waals surface area contributed by atoms with Crippen molar-refractivity contribution in [3.8, 4) is 5.75 Å². The van der Waals surface area contributed by atoms with Crippen molar-refractivity contribution < 1.29 is 19.1 Å². The van der Waals surface area contributed by atoms with Crippen LogP contribution in [-0.4, -0.2) is 31.2 Å². The number of hydrogen-bond acceptors (Lipinski definition) is 5. The summed E-state index contributed by atoms with van der Waals surface area (Å²) in [6.45, 7) is 0. The summed E-state index contributed by atoms with van der Waals surface area (Å²) in [7, 11) is 1.50. The Morgan fingerprint density at radius 2 is 1.81 bits per heavy atom. The highest BCUT2D eigenvalue weighted by Crippen LogP contribution is 2.28. The van der Waals surface area contributed by atoms with Crippen LogP contribution in [0.4, 0.5) is 16.2 Å². The smallest absolute Gasteiger partial charge is 0.335 e. The monoisotopic (exact) mass is 405 g/mol. The molecule has 1 unspecified atom stereocenters. The lowest BCUT2D eigenvalue weighted by Crippen LogP contribution is -2.58. The first-order valence-electron chi connectivity index (χ1n) is 7.73. The summed E-state index contributed by atoms with van der Waals surface area (Å²) < 4.78 is 5.05. The molecular formula is C18H13Cl2N3O4. The number of urea groups is 1. The van der Waals surface area contributed by atoms with E-state index < -0.39 is 23.8 Å². The molecule has 4 amide bonds. The van der Waals surface area contributed by atoms with Crippen LogP contribution in [0.25, 0.3) is 0 Å². The van der Waals surface area contributed by atoms with E-state index in [1.807, 2.05) is 0 Å². The number of imide groups is 2. The molecule has 3 rings (SSSR count). The van der Waals surface area contributed by atoms with E-state index in [1.54, 1.807) is 24.3 Å². The van der Waals surface area contributed by atoms with Crippen LogP contribution in [0.5, 0.6) is 5.75 Å². The van der Waals surface area contributed by atoms with Gasteiger partial charge in [0.1, 0.15) is 5.75 Å². The number of amides is 4. The number of carbonyl (C=O) groups excluding carboxylic acids is 3. The minimum Gasteiger partial charge on any atom is -0.497 e. The van der Waals surface area contributed by atoms with Crippen molar-refractivity contribution in [3.63, 3.8) is 0 Å². The summed E-state index contributed by atoms with van der Waals surface area (Å²) >= 11 is 11.9. The number of aliphatic imine (C=N–C) groups is 1. The van der Waals surface area contributed by atoms with Crippen LogP contribution in [0.3, 0.4) is 0 Å². The van der Waals surface area contributed by atoms with Crippen LogP contribution in [-0.2, 0) is 9.59 Å². The number of benzene rings is 2. The lowest BCUT2D eigenvalue weighted by molar-refractivity contribution is -0.131. The molecule has 2 aromatic carbocycles. The summed E-state index contributed by atoms with van der Waals surface area (Å²) in [6.07, 6.45) is 1.15. The van der Waals surface area contributed by atoms with Gasteiger partial charge in [0, 0.05) is 11.2 Å². The summed E-state index contributed by atoms with van der Waals surface area (Å²) in [5.74, 6) is -2.20. The molecule has 2 aromatic rings. The van der Waals surface area contributed by atoms with Gasteiger partial charge < -0.3 is 4.74 Å². The molecule has 1 N–H and O–H groups in total. The number of anilines is 1. The van der Waals surface area contributed by atoms with Gasteiger partial charge in [-0.15, -0.1) is 0 Å². The SMILES string of the molecule is COc1ccc(N2C(=O)NC(=O)C(C=Nc3ccc(Cl)cc3Cl)C2=O)cc1. The maximum absolute atomic E-state index is 12.7. The molecule has 27 heavy (non-hydrogen) atoms. The van der Waals surface area contributed by atoms with Crippen LogP contribution in [0.15, 0.2) is 47.5 Å². The summed E-state index contributed by atoms with van der Waals surface area (Å²) in [6, 6.07) is 10.1. The van der Waals surface area contributed by atoms with Gasteiger partial charge >= 0.3 is 6.03 Å². The lowest BCUT2D eigenvalue weighted by Gasteiger charge is -2.28. The first-order chi connectivity index (χ1) is 12.9. The van der Waals surface area contributed by atoms with Gasteiger partial charge in [0.25, 0.3) is 5.91 Å². The van der Waals surface area contributed by atoms with Gasteiger partial charge in [0.05, 0.1) is 23.5 Å². The Labute approximate surface area is 164 Å². The van der Waals surface area contributed by atoms with Crippen LogP contribution >= 0.6 is 23.2 Å². The quantitative estimate of drug-likeness (QED) is 0.621. The maximum atomic E-state index is 12.7. The Morgan fingerprint density at radius 1 is 1.11 bits per heavy atom. The second-order valence-electron chi connectivity index (χ2n) is 5.52. The third-order valence-corrected chi connectivity index (χ3v) is 4.34. The number of nitrogens with zero attached hydrogens (tertiary/aromatic N) is 2. The van der Waals surface area contributed by atoms with E-state index in [4.69, 9.17) is 27.9 Å². The van der Waals surface area contributed by atoms with E-state index in [1.165, 1.54) is 25.3 Å². The molecule has 0 aromatic heterocycles. The normalized spacial score (nSPS) is 17.4. The molecule has 0 radical (unpaired) electrons. The highest BCUT2D eigenvalue weighted by molar-refractivity contribution is 6.36. The fourth-order valence-electron chi connectivity index (χ4n) is 2.44. The van der Waals surface area contributed by atoms with Crippen molar-refractivity contribution in [2.24, 2.45) is 10.9 Å². The second-order valence-corrected chi connectivity index (χ2v) is 6.36. The largest absolute Gasteiger partial charge is 0.497 e. The van der Waals surface area contributed by atoms with E-state index in [9.17, 15) is 14.4 Å². The Kier molecular flexibility index (Phi) is 5.43. The Bertz CT molecular complexity index is 944. The summed E-state index contributed by atoms with van der Waals surface area (Å²) in [5.41, 5.74) is 0.642. The Morgan fingerprint density at radius 3 is 2.44 bits per heavy atom. The number of nitrogens with one attached hydrogen (secondary N) is 1. The highest BCUT2D eigenvalue weighted by Gasteiger charge is 2.40. The lowest BCUT2D eigenvalue weighted by atomic mass is 10.1. The molecule has 1 atom stereocenters. The summed E-state index contributed by atoms with van der Waals surface area (Å²) in [4.78, 5) is 42.0. The minimum atomic E-state index is -1.28. The van der Waals surface area contributed by atoms with Gasteiger partial charge in [0.15, 0.2) is 5.92 Å². The average molecular weight is 406 g/mol. The zero-order valence-corrected chi connectivity index (χ0v) is 15.5. The van der Waals surface area contributed by atoms with Crippen LogP contribution < -0.4 is 15.0 Å². The Balaban J connectivity index is 1.88. The number of hydrogen-bond donors (Lipinski definition) is 1. The van der Waals surface area contributed by atoms with Crippen LogP contribution in [0.1, 0.15) is 0 Å². The predicted molar refractivity (Wildman–Crippen MR) is 102 cm³/mol. The molecule has 0 aliphatic carbocycles. The molecule has 0 saturated carbocycles. The molecule has 0 spiro atoms. The van der Waals surface area contributed by atoms with Gasteiger partial charge in [-0.05, 0) is 42.5 Å². The maximum Gasteiger partial charge on any atom is 0.335 e. The molecule has 0 bridgehead atoms. The fraction of sp³-hybridized carbons (Fsp3) is 0.111. The number of ether oxygens (including phenoxy) is 1. The van der Waals surface area contributed by atoms with Crippen molar-refractivity contribution >= 4 is 58.6 Å². The van der Waals surface area contributed by atoms with Gasteiger partial charge in [-0.25, -0.2) is 9.69 Å². The molecule has 1 aliphatic heterocycles. The minimum absolute atomic E-state index is 0.269. The number of rotatable bonds is 4. The molecule has 1 saturated heterocycles. The highest BCUT2D eigenvalue weighted by atomic mass is 35.5. The van der Waals surface area contributed by atoms with Crippen molar-refractivity contribution in [2.45, 2.75) is 0 Å². The topological polar surface area (TPSA) is 88.1 Å². The van der Waals surface area contributed by atoms with Gasteiger partial charge in [-0.1, -0.05) is 23.2 Å². The number of barbiturate groups is 1. The van der Waals surface area contributed by atoms with E-state index in [-0.39, 0.29) is 5.02 Å². The third kappa shape index (κ3) is 3.94. The van der Waals surface area contributed by atoms with Crippen molar-refractivity contribution in [3.05, 3.63) is 52.5 Å². The van der Waals surface area contributed by atoms with E-state index in [0.29, 0.717) is 22.1 Å². The average Bonchev–Trinajstić information content (AvgIpc) is 2.63. The number of halogens is 2. The van der Waals surface area contributed by atoms with Gasteiger partial charge in [-0.2, -0.15) is 0 Å². The Hall–Kier alpha value is -2.90. The zero-order valence-electron chi connectivity index (χ0n) is 14.0. The second kappa shape index (κ2) is 7.77. The molecule has 1 heterocycles. The zero-order chi connectivity index (χ0) is 19.6. The van der Waals surface area contributed by atoms with Crippen LogP contribution in [0.2, 0.25) is 10.0 Å². The van der Waals surface area contributed by atoms with Crippen molar-refractivity contribution in [1.82, 2.24) is 5.32 Å². The van der Waals surface area contributed by atoms with Gasteiger partial charge in [0.2, 0.25) is 5.91 Å². The van der Waals surface area contributed by atoms with Crippen molar-refractivity contribution in [1.29, 1.82) is 0 Å². The predicted octanol–water partition coefficient (Wildman–Crippen LogP) is 3.60. The molecule has 138 valence electrons. The summed E-state index contributed by atoms with van der Waals surface area (Å²) in [5, 5.41) is 2.85. The first-order valence-corrected chi connectivity index (χ1v) is 8.48. The van der Waals surface area contributed by atoms with E-state index >= 15 is 0 Å². The van der Waals surface area contributed by atoms with E-state index in [2.05, 4.69) is 10.3 Å². The molecular weight excluding hydrogens is 393 g/mol. The number of methoxy groups -OCH3 is 1. The third-order valence-electron chi connectivity index (χ3n) is 3.81. The molecule has 1 fully saturated rings. The van der Waals surface area contributed by atoms with E-state index in [0.717, 1.165) is 11.1 Å². The number of carbonyl (C=O) groups is 3. The van der Waals surface area contributed by atoms with Gasteiger partial charge in [-0.3, -0.25) is 19.9 Å². The van der Waals surface area contributed by atoms with Crippen LogP contribution in [0, 0.1) is 5.92 Å². The fourth-order valence-corrected chi connectivity index (χ4v) is 2.90. The molecule has 1 aliphatic rings. The van der Waals surface area contributed by atoms with Crippen molar-refractivity contribution in [2.75, 3.05) is 12.0 Å². The molecule has 7 nitrogen and oxygen atoms in total. The molecule has 9 heteroatoms.